The van der Waals surface area contributed by atoms with Crippen molar-refractivity contribution >= 4 is 16.9 Å². The van der Waals surface area contributed by atoms with E-state index in [1.54, 1.807) is 17.3 Å². The smallest absolute Gasteiger partial charge is 0.338 e. The lowest BCUT2D eigenvalue weighted by Crippen LogP contribution is -2.29. The molecule has 1 amide bonds. The van der Waals surface area contributed by atoms with Crippen LogP contribution < -0.4 is 0 Å². The number of aryl methyl sites for hydroxylation is 1. The predicted octanol–water partition coefficient (Wildman–Crippen LogP) is 3.62. The van der Waals surface area contributed by atoms with Crippen LogP contribution in [0.25, 0.3) is 11.0 Å². The number of nitrogens with zero attached hydrogens (tertiary/aromatic N) is 4. The first-order valence-corrected chi connectivity index (χ1v) is 8.57. The molecule has 0 aliphatic carbocycles. The van der Waals surface area contributed by atoms with Gasteiger partial charge in [-0.3, -0.25) is 9.78 Å². The summed E-state index contributed by atoms with van der Waals surface area (Å²) >= 11 is 0. The highest BCUT2D eigenvalue weighted by Crippen LogP contribution is 2.32. The van der Waals surface area contributed by atoms with Crippen LogP contribution in [0.3, 0.4) is 0 Å². The molecule has 0 N–H and O–H groups in total. The molecule has 1 aromatic carbocycles. The fourth-order valence-electron chi connectivity index (χ4n) is 3.59. The monoisotopic (exact) mass is 374 g/mol. The first kappa shape index (κ1) is 17.5. The number of carbonyl (C=O) groups is 1. The molecule has 1 aliphatic rings. The molecule has 3 aromatic rings. The van der Waals surface area contributed by atoms with E-state index in [0.717, 1.165) is 35.4 Å². The van der Waals surface area contributed by atoms with Gasteiger partial charge in [0.15, 0.2) is 0 Å². The highest BCUT2D eigenvalue weighted by molar-refractivity contribution is 5.94. The number of pyridine rings is 1. The number of hydrogen-bond donors (Lipinski definition) is 0. The van der Waals surface area contributed by atoms with Gasteiger partial charge in [-0.2, -0.15) is 13.2 Å². The molecular weight excluding hydrogens is 357 g/mol. The minimum atomic E-state index is -4.47. The van der Waals surface area contributed by atoms with Gasteiger partial charge in [-0.25, -0.2) is 4.98 Å². The first-order chi connectivity index (χ1) is 12.8. The number of likely N-dealkylation sites (tertiary alicyclic amines) is 1. The van der Waals surface area contributed by atoms with Crippen molar-refractivity contribution in [3.8, 4) is 0 Å². The summed E-state index contributed by atoms with van der Waals surface area (Å²) in [6.07, 6.45) is -0.330. The van der Waals surface area contributed by atoms with Crippen LogP contribution in [0, 0.1) is 0 Å². The molecule has 0 unspecified atom stereocenters. The SMILES string of the molecule is Cn1c([C@H]2CCN(C(=O)c3cccc(C(F)(F)F)c3)C2)nc2ccncc21. The molecule has 0 bridgehead atoms. The van der Waals surface area contributed by atoms with Gasteiger partial charge >= 0.3 is 6.18 Å². The number of fused-ring (bicyclic) bond motifs is 1. The number of amides is 1. The maximum absolute atomic E-state index is 12.9. The largest absolute Gasteiger partial charge is 0.416 e. The molecular formula is C19H17F3N4O. The van der Waals surface area contributed by atoms with E-state index in [1.165, 1.54) is 12.1 Å². The second-order valence-corrected chi connectivity index (χ2v) is 6.71. The molecule has 1 atom stereocenters. The van der Waals surface area contributed by atoms with E-state index in [0.29, 0.717) is 13.1 Å². The van der Waals surface area contributed by atoms with Crippen LogP contribution in [0.5, 0.6) is 0 Å². The van der Waals surface area contributed by atoms with Crippen LogP contribution in [0.1, 0.15) is 34.1 Å². The zero-order chi connectivity index (χ0) is 19.2. The third-order valence-corrected chi connectivity index (χ3v) is 5.00. The van der Waals surface area contributed by atoms with Crippen molar-refractivity contribution in [1.29, 1.82) is 0 Å². The molecule has 27 heavy (non-hydrogen) atoms. The van der Waals surface area contributed by atoms with Crippen LogP contribution in [0.2, 0.25) is 0 Å². The second kappa shape index (κ2) is 6.37. The molecule has 1 fully saturated rings. The van der Waals surface area contributed by atoms with Crippen molar-refractivity contribution in [2.75, 3.05) is 13.1 Å². The Bertz CT molecular complexity index is 1010. The van der Waals surface area contributed by atoms with Gasteiger partial charge in [-0.1, -0.05) is 6.07 Å². The Morgan fingerprint density at radius 3 is 2.81 bits per heavy atom. The molecule has 5 nitrogen and oxygen atoms in total. The summed E-state index contributed by atoms with van der Waals surface area (Å²) in [6.45, 7) is 0.918. The normalized spacial score (nSPS) is 17.6. The Labute approximate surface area is 153 Å². The Morgan fingerprint density at radius 2 is 2.07 bits per heavy atom. The number of halogens is 3. The summed E-state index contributed by atoms with van der Waals surface area (Å²) < 4.78 is 40.7. The number of alkyl halides is 3. The molecule has 3 heterocycles. The maximum Gasteiger partial charge on any atom is 0.416 e. The van der Waals surface area contributed by atoms with E-state index >= 15 is 0 Å². The topological polar surface area (TPSA) is 51.0 Å². The number of hydrogen-bond acceptors (Lipinski definition) is 3. The lowest BCUT2D eigenvalue weighted by molar-refractivity contribution is -0.137. The maximum atomic E-state index is 12.9. The fourth-order valence-corrected chi connectivity index (χ4v) is 3.59. The van der Waals surface area contributed by atoms with Crippen molar-refractivity contribution in [2.45, 2.75) is 18.5 Å². The Hall–Kier alpha value is -2.90. The van der Waals surface area contributed by atoms with Gasteiger partial charge in [-0.05, 0) is 30.7 Å². The van der Waals surface area contributed by atoms with Gasteiger partial charge in [0.1, 0.15) is 5.82 Å². The predicted molar refractivity (Wildman–Crippen MR) is 93.2 cm³/mol. The zero-order valence-electron chi connectivity index (χ0n) is 14.6. The van der Waals surface area contributed by atoms with Crippen LogP contribution >= 0.6 is 0 Å². The van der Waals surface area contributed by atoms with Crippen molar-refractivity contribution < 1.29 is 18.0 Å². The van der Waals surface area contributed by atoms with Crippen molar-refractivity contribution in [3.05, 3.63) is 59.7 Å². The Kier molecular flexibility index (Phi) is 4.13. The number of imidazole rings is 1. The zero-order valence-corrected chi connectivity index (χ0v) is 14.6. The molecule has 140 valence electrons. The number of benzene rings is 1. The van der Waals surface area contributed by atoms with Crippen molar-refractivity contribution in [2.24, 2.45) is 7.05 Å². The van der Waals surface area contributed by atoms with E-state index in [1.807, 2.05) is 17.7 Å². The molecule has 8 heteroatoms. The van der Waals surface area contributed by atoms with E-state index in [9.17, 15) is 18.0 Å². The van der Waals surface area contributed by atoms with E-state index in [2.05, 4.69) is 9.97 Å². The summed E-state index contributed by atoms with van der Waals surface area (Å²) in [5.74, 6) is 0.513. The van der Waals surface area contributed by atoms with Gasteiger partial charge in [0.25, 0.3) is 5.91 Å². The van der Waals surface area contributed by atoms with Crippen LogP contribution in [-0.4, -0.2) is 38.4 Å². The van der Waals surface area contributed by atoms with Gasteiger partial charge < -0.3 is 9.47 Å². The lowest BCUT2D eigenvalue weighted by atomic mass is 10.1. The highest BCUT2D eigenvalue weighted by atomic mass is 19.4. The van der Waals surface area contributed by atoms with E-state index < -0.39 is 11.7 Å². The molecule has 0 spiro atoms. The third kappa shape index (κ3) is 3.15. The summed E-state index contributed by atoms with van der Waals surface area (Å²) in [6, 6.07) is 6.40. The van der Waals surface area contributed by atoms with Gasteiger partial charge in [0.2, 0.25) is 0 Å². The van der Waals surface area contributed by atoms with Crippen LogP contribution in [0.15, 0.2) is 42.7 Å². The van der Waals surface area contributed by atoms with E-state index in [-0.39, 0.29) is 17.4 Å². The van der Waals surface area contributed by atoms with Gasteiger partial charge in [0, 0.05) is 37.8 Å². The van der Waals surface area contributed by atoms with E-state index in [4.69, 9.17) is 0 Å². The number of aromatic nitrogens is 3. The molecule has 1 saturated heterocycles. The van der Waals surface area contributed by atoms with Crippen molar-refractivity contribution in [3.63, 3.8) is 0 Å². The second-order valence-electron chi connectivity index (χ2n) is 6.71. The lowest BCUT2D eigenvalue weighted by Gasteiger charge is -2.17. The van der Waals surface area contributed by atoms with Gasteiger partial charge in [-0.15, -0.1) is 0 Å². The minimum Gasteiger partial charge on any atom is -0.338 e. The molecule has 1 aliphatic heterocycles. The summed E-state index contributed by atoms with van der Waals surface area (Å²) in [7, 11) is 1.91. The summed E-state index contributed by atoms with van der Waals surface area (Å²) in [5, 5.41) is 0. The van der Waals surface area contributed by atoms with Crippen LogP contribution in [-0.2, 0) is 13.2 Å². The van der Waals surface area contributed by atoms with Gasteiger partial charge in [0.05, 0.1) is 22.8 Å². The highest BCUT2D eigenvalue weighted by Gasteiger charge is 2.33. The molecule has 4 rings (SSSR count). The van der Waals surface area contributed by atoms with Crippen LogP contribution in [0.4, 0.5) is 13.2 Å². The Balaban J connectivity index is 1.56. The average molecular weight is 374 g/mol. The average Bonchev–Trinajstić information content (AvgIpc) is 3.26. The molecule has 0 radical (unpaired) electrons. The molecule has 2 aromatic heterocycles. The number of carbonyl (C=O) groups excluding carboxylic acids is 1. The third-order valence-electron chi connectivity index (χ3n) is 5.00. The molecule has 0 saturated carbocycles. The fraction of sp³-hybridized carbons (Fsp3) is 0.316. The van der Waals surface area contributed by atoms with Crippen molar-refractivity contribution in [1.82, 2.24) is 19.4 Å². The minimum absolute atomic E-state index is 0.0390. The summed E-state index contributed by atoms with van der Waals surface area (Å²) in [4.78, 5) is 23.0. The standard InChI is InChI=1S/C19H17F3N4O/c1-25-16-10-23-7-5-15(16)24-17(25)13-6-8-26(11-13)18(27)12-3-2-4-14(9-12)19(20,21)22/h2-5,7,9-10,13H,6,8,11H2,1H3/t13-/m0/s1. The Morgan fingerprint density at radius 1 is 1.26 bits per heavy atom. The quantitative estimate of drug-likeness (QED) is 0.689. The first-order valence-electron chi connectivity index (χ1n) is 8.57. The number of rotatable bonds is 2. The summed E-state index contributed by atoms with van der Waals surface area (Å²) in [5.41, 5.74) is 0.993.